The van der Waals surface area contributed by atoms with Crippen LogP contribution >= 0.6 is 22.5 Å². The highest BCUT2D eigenvalue weighted by Gasteiger charge is 2.21. The fourth-order valence-corrected chi connectivity index (χ4v) is 1.71. The van der Waals surface area contributed by atoms with E-state index in [2.05, 4.69) is 11.7 Å². The predicted molar refractivity (Wildman–Crippen MR) is 51.4 cm³/mol. The van der Waals surface area contributed by atoms with Crippen molar-refractivity contribution in [2.24, 2.45) is 0 Å². The van der Waals surface area contributed by atoms with Gasteiger partial charge in [0.15, 0.2) is 0 Å². The molecule has 0 fully saturated rings. The number of rotatable bonds is 3. The molecule has 12 heavy (non-hydrogen) atoms. The van der Waals surface area contributed by atoms with Crippen LogP contribution in [0.2, 0.25) is 0 Å². The Kier molecular flexibility index (Phi) is 3.43. The summed E-state index contributed by atoms with van der Waals surface area (Å²) < 4.78 is 0. The second-order valence-corrected chi connectivity index (χ2v) is 3.36. The van der Waals surface area contributed by atoms with Gasteiger partial charge in [-0.05, 0) is 11.7 Å². The largest absolute Gasteiger partial charge is 0.293 e. The Morgan fingerprint density at radius 1 is 1.42 bits per heavy atom. The standard InChI is InChI=1S/C7H6NO2S2/c9-8(10)7(12-11)6-4-2-1-3-5-6/h1-5,7H. The van der Waals surface area contributed by atoms with E-state index in [1.54, 1.807) is 24.3 Å². The van der Waals surface area contributed by atoms with Gasteiger partial charge in [-0.15, -0.1) is 0 Å². The molecule has 5 heteroatoms. The zero-order valence-corrected chi connectivity index (χ0v) is 7.68. The number of hydrogen-bond donors (Lipinski definition) is 0. The highest BCUT2D eigenvalue weighted by molar-refractivity contribution is 8.68. The smallest absolute Gasteiger partial charge is 0.263 e. The van der Waals surface area contributed by atoms with E-state index in [1.807, 2.05) is 6.07 Å². The minimum Gasteiger partial charge on any atom is -0.263 e. The van der Waals surface area contributed by atoms with E-state index in [-0.39, 0.29) is 4.92 Å². The van der Waals surface area contributed by atoms with Gasteiger partial charge in [0.1, 0.15) is 0 Å². The van der Waals surface area contributed by atoms with Crippen molar-refractivity contribution < 1.29 is 4.92 Å². The number of benzene rings is 1. The SMILES string of the molecule is O=[N+]([O-])C(S[S])c1ccccc1. The number of hydrogen-bond acceptors (Lipinski definition) is 3. The van der Waals surface area contributed by atoms with Gasteiger partial charge in [-0.3, -0.25) is 10.1 Å². The summed E-state index contributed by atoms with van der Waals surface area (Å²) in [7, 11) is 0.815. The second-order valence-electron chi connectivity index (χ2n) is 2.14. The van der Waals surface area contributed by atoms with Crippen LogP contribution in [-0.4, -0.2) is 4.92 Å². The molecule has 0 aromatic heterocycles. The van der Waals surface area contributed by atoms with Gasteiger partial charge in [0, 0.05) is 21.3 Å². The van der Waals surface area contributed by atoms with E-state index in [1.165, 1.54) is 0 Å². The normalized spacial score (nSPS) is 12.4. The lowest BCUT2D eigenvalue weighted by atomic mass is 10.2. The summed E-state index contributed by atoms with van der Waals surface area (Å²) in [5.74, 6) is 0. The van der Waals surface area contributed by atoms with Crippen molar-refractivity contribution in [1.82, 2.24) is 0 Å². The van der Waals surface area contributed by atoms with Gasteiger partial charge >= 0.3 is 0 Å². The quantitative estimate of drug-likeness (QED) is 0.326. The van der Waals surface area contributed by atoms with Crippen LogP contribution < -0.4 is 0 Å². The molecule has 63 valence electrons. The van der Waals surface area contributed by atoms with Crippen LogP contribution in [0.15, 0.2) is 30.3 Å². The minimum absolute atomic E-state index is 0.382. The summed E-state index contributed by atoms with van der Waals surface area (Å²) in [5, 5.41) is 9.63. The Morgan fingerprint density at radius 2 is 2.00 bits per heavy atom. The first-order chi connectivity index (χ1) is 5.75. The Labute approximate surface area is 79.1 Å². The third-order valence-electron chi connectivity index (χ3n) is 1.37. The fourth-order valence-electron chi connectivity index (χ4n) is 0.830. The molecule has 0 bridgehead atoms. The maximum Gasteiger partial charge on any atom is 0.293 e. The summed E-state index contributed by atoms with van der Waals surface area (Å²) in [6, 6.07) is 8.74. The van der Waals surface area contributed by atoms with Crippen LogP contribution in [0.5, 0.6) is 0 Å². The predicted octanol–water partition coefficient (Wildman–Crippen LogP) is 2.81. The maximum absolute atomic E-state index is 10.4. The molecule has 0 spiro atoms. The molecular formula is C7H6NO2S2. The van der Waals surface area contributed by atoms with Gasteiger partial charge in [-0.2, -0.15) is 0 Å². The van der Waals surface area contributed by atoms with Crippen molar-refractivity contribution >= 4 is 22.5 Å². The second kappa shape index (κ2) is 4.37. The number of nitro groups is 1. The van der Waals surface area contributed by atoms with E-state index >= 15 is 0 Å². The number of nitrogens with zero attached hydrogens (tertiary/aromatic N) is 1. The van der Waals surface area contributed by atoms with Crippen molar-refractivity contribution in [3.8, 4) is 0 Å². The van der Waals surface area contributed by atoms with Crippen molar-refractivity contribution in [3.05, 3.63) is 46.0 Å². The van der Waals surface area contributed by atoms with Gasteiger partial charge in [0.2, 0.25) is 0 Å². The molecule has 0 saturated carbocycles. The Bertz CT molecular complexity index is 265. The fraction of sp³-hybridized carbons (Fsp3) is 0.143. The Balaban J connectivity index is 2.88. The molecule has 0 aliphatic heterocycles. The molecule has 3 nitrogen and oxygen atoms in total. The Morgan fingerprint density at radius 3 is 2.42 bits per heavy atom. The molecule has 0 amide bonds. The molecule has 1 radical (unpaired) electrons. The molecule has 0 aliphatic carbocycles. The van der Waals surface area contributed by atoms with E-state index in [0.29, 0.717) is 5.56 Å². The zero-order chi connectivity index (χ0) is 8.97. The van der Waals surface area contributed by atoms with E-state index < -0.39 is 5.37 Å². The molecule has 0 heterocycles. The van der Waals surface area contributed by atoms with Crippen molar-refractivity contribution in [3.63, 3.8) is 0 Å². The molecule has 1 rings (SSSR count). The van der Waals surface area contributed by atoms with Gasteiger partial charge in [0.05, 0.1) is 0 Å². The first kappa shape index (κ1) is 9.41. The summed E-state index contributed by atoms with van der Waals surface area (Å²) in [6.07, 6.45) is 0. The summed E-state index contributed by atoms with van der Waals surface area (Å²) in [5.41, 5.74) is 0.641. The van der Waals surface area contributed by atoms with Crippen molar-refractivity contribution in [2.45, 2.75) is 5.37 Å². The van der Waals surface area contributed by atoms with Crippen LogP contribution in [0.3, 0.4) is 0 Å². The first-order valence-corrected chi connectivity index (χ1v) is 5.03. The van der Waals surface area contributed by atoms with E-state index in [4.69, 9.17) is 0 Å². The molecule has 1 aromatic carbocycles. The third kappa shape index (κ3) is 2.15. The van der Waals surface area contributed by atoms with Crippen LogP contribution in [0.1, 0.15) is 10.9 Å². The van der Waals surface area contributed by atoms with Gasteiger partial charge in [-0.25, -0.2) is 0 Å². The van der Waals surface area contributed by atoms with Crippen LogP contribution in [0.25, 0.3) is 0 Å². The highest BCUT2D eigenvalue weighted by atomic mass is 33.1. The average molecular weight is 200 g/mol. The summed E-state index contributed by atoms with van der Waals surface area (Å²) in [6.45, 7) is 0. The third-order valence-corrected chi connectivity index (χ3v) is 2.54. The monoisotopic (exact) mass is 200 g/mol. The van der Waals surface area contributed by atoms with Crippen LogP contribution in [0, 0.1) is 10.1 Å². The topological polar surface area (TPSA) is 43.1 Å². The molecule has 1 atom stereocenters. The van der Waals surface area contributed by atoms with Gasteiger partial charge in [0.25, 0.3) is 5.37 Å². The molecule has 0 aliphatic rings. The molecule has 0 saturated heterocycles. The maximum atomic E-state index is 10.4. The average Bonchev–Trinajstić information content (AvgIpc) is 2.07. The lowest BCUT2D eigenvalue weighted by Crippen LogP contribution is -2.04. The van der Waals surface area contributed by atoms with Crippen molar-refractivity contribution in [2.75, 3.05) is 0 Å². The minimum atomic E-state index is -0.818. The molecule has 0 N–H and O–H groups in total. The highest BCUT2D eigenvalue weighted by Crippen LogP contribution is 2.31. The summed E-state index contributed by atoms with van der Waals surface area (Å²) in [4.78, 5) is 10.1. The molecular weight excluding hydrogens is 194 g/mol. The lowest BCUT2D eigenvalue weighted by Gasteiger charge is -2.03. The van der Waals surface area contributed by atoms with Crippen LogP contribution in [0.4, 0.5) is 0 Å². The lowest BCUT2D eigenvalue weighted by molar-refractivity contribution is -0.500. The molecule has 1 unspecified atom stereocenters. The van der Waals surface area contributed by atoms with Gasteiger partial charge in [-0.1, -0.05) is 30.3 Å². The Hall–Kier alpha value is -0.680. The van der Waals surface area contributed by atoms with Crippen molar-refractivity contribution in [1.29, 1.82) is 0 Å². The van der Waals surface area contributed by atoms with E-state index in [9.17, 15) is 10.1 Å². The zero-order valence-electron chi connectivity index (χ0n) is 6.04. The first-order valence-electron chi connectivity index (χ1n) is 3.23. The van der Waals surface area contributed by atoms with E-state index in [0.717, 1.165) is 10.8 Å². The van der Waals surface area contributed by atoms with Gasteiger partial charge < -0.3 is 0 Å². The van der Waals surface area contributed by atoms with Crippen LogP contribution in [-0.2, 0) is 0 Å². The molecule has 1 aromatic rings. The summed E-state index contributed by atoms with van der Waals surface area (Å²) >= 11 is 4.61.